The minimum absolute atomic E-state index is 0.282. The Morgan fingerprint density at radius 1 is 1.32 bits per heavy atom. The van der Waals surface area contributed by atoms with E-state index in [0.717, 1.165) is 17.7 Å². The van der Waals surface area contributed by atoms with Crippen molar-refractivity contribution in [3.8, 4) is 0 Å². The lowest BCUT2D eigenvalue weighted by Gasteiger charge is -2.18. The van der Waals surface area contributed by atoms with Crippen LogP contribution < -0.4 is 5.32 Å². The normalized spacial score (nSPS) is 19.7. The Morgan fingerprint density at radius 3 is 2.71 bits per heavy atom. The molecule has 5 nitrogen and oxygen atoms in total. The van der Waals surface area contributed by atoms with Crippen LogP contribution in [0.1, 0.15) is 48.2 Å². The maximum Gasteiger partial charge on any atom is 0.244 e. The molecule has 3 aromatic rings. The highest BCUT2D eigenvalue weighted by atomic mass is 19.1. The molecule has 2 heterocycles. The average molecular weight is 379 g/mol. The Balaban J connectivity index is 1.50. The molecular formula is C22H22FN3O2. The molecule has 1 fully saturated rings. The number of aromatic nitrogens is 2. The van der Waals surface area contributed by atoms with Crippen LogP contribution in [0.15, 0.2) is 59.3 Å². The van der Waals surface area contributed by atoms with Crippen LogP contribution in [0.4, 0.5) is 4.39 Å². The summed E-state index contributed by atoms with van der Waals surface area (Å²) in [6.07, 6.45) is 7.72. The topological polar surface area (TPSA) is 60.1 Å². The minimum Gasteiger partial charge on any atom is -0.461 e. The lowest BCUT2D eigenvalue weighted by Crippen LogP contribution is -2.29. The van der Waals surface area contributed by atoms with Gasteiger partial charge in [-0.15, -0.1) is 0 Å². The van der Waals surface area contributed by atoms with Gasteiger partial charge in [-0.1, -0.05) is 19.1 Å². The van der Waals surface area contributed by atoms with Crippen molar-refractivity contribution < 1.29 is 13.6 Å². The van der Waals surface area contributed by atoms with Crippen molar-refractivity contribution in [3.05, 3.63) is 83.6 Å². The third-order valence-corrected chi connectivity index (χ3v) is 5.13. The number of nitrogens with one attached hydrogen (secondary N) is 1. The van der Waals surface area contributed by atoms with Crippen molar-refractivity contribution in [1.82, 2.24) is 14.9 Å². The fraction of sp³-hybridized carbons (Fsp3) is 0.273. The van der Waals surface area contributed by atoms with Crippen LogP contribution in [0.5, 0.6) is 0 Å². The zero-order valence-corrected chi connectivity index (χ0v) is 15.8. The van der Waals surface area contributed by atoms with Gasteiger partial charge in [-0.05, 0) is 48.2 Å². The molecule has 1 amide bonds. The highest BCUT2D eigenvalue weighted by Crippen LogP contribution is 2.47. The number of hydrogen-bond donors (Lipinski definition) is 1. The first kappa shape index (κ1) is 18.2. The molecule has 0 radical (unpaired) electrons. The molecule has 1 aromatic carbocycles. The summed E-state index contributed by atoms with van der Waals surface area (Å²) in [7, 11) is 1.85. The molecule has 1 N–H and O–H groups in total. The van der Waals surface area contributed by atoms with Crippen LogP contribution in [0, 0.1) is 11.7 Å². The number of carbonyl (C=O) groups excluding carboxylic acids is 1. The standard InChI is InChI=1S/C22H22FN3O2/c1-14-13-18(14)19-9-7-17(28-19)8-10-20(27)25-21(22-24-11-12-26(22)2)15-3-5-16(23)6-4-15/h3-12,14,18,21H,13H2,1-2H3,(H,25,27)/b10-8+. The SMILES string of the molecule is CC1CC1c1ccc(/C=C/C(=O)NC(c2ccc(F)cc2)c2nccn2C)o1. The molecule has 0 aliphatic heterocycles. The summed E-state index contributed by atoms with van der Waals surface area (Å²) in [5.41, 5.74) is 0.750. The molecule has 0 spiro atoms. The Bertz CT molecular complexity index is 1000. The van der Waals surface area contributed by atoms with Gasteiger partial charge in [0.2, 0.25) is 5.91 Å². The van der Waals surface area contributed by atoms with Crippen molar-refractivity contribution in [2.75, 3.05) is 0 Å². The fourth-order valence-corrected chi connectivity index (χ4v) is 3.33. The maximum absolute atomic E-state index is 13.3. The molecule has 4 rings (SSSR count). The largest absolute Gasteiger partial charge is 0.461 e. The molecule has 144 valence electrons. The van der Waals surface area contributed by atoms with Crippen LogP contribution in [0.25, 0.3) is 6.08 Å². The van der Waals surface area contributed by atoms with E-state index in [9.17, 15) is 9.18 Å². The number of nitrogens with zero attached hydrogens (tertiary/aromatic N) is 2. The van der Waals surface area contributed by atoms with Crippen molar-refractivity contribution in [2.45, 2.75) is 25.3 Å². The monoisotopic (exact) mass is 379 g/mol. The molecule has 2 aromatic heterocycles. The number of furan rings is 1. The molecule has 28 heavy (non-hydrogen) atoms. The zero-order chi connectivity index (χ0) is 19.7. The predicted octanol–water partition coefficient (Wildman–Crippen LogP) is 4.19. The Labute approximate surface area is 162 Å². The predicted molar refractivity (Wildman–Crippen MR) is 104 cm³/mol. The first-order valence-corrected chi connectivity index (χ1v) is 9.32. The fourth-order valence-electron chi connectivity index (χ4n) is 3.33. The van der Waals surface area contributed by atoms with Gasteiger partial charge in [-0.3, -0.25) is 4.79 Å². The summed E-state index contributed by atoms with van der Waals surface area (Å²) in [4.78, 5) is 16.9. The van der Waals surface area contributed by atoms with E-state index in [2.05, 4.69) is 17.2 Å². The number of benzene rings is 1. The number of carbonyl (C=O) groups is 1. The van der Waals surface area contributed by atoms with Crippen molar-refractivity contribution in [1.29, 1.82) is 0 Å². The number of halogens is 1. The van der Waals surface area contributed by atoms with Crippen molar-refractivity contribution >= 4 is 12.0 Å². The van der Waals surface area contributed by atoms with E-state index in [4.69, 9.17) is 4.42 Å². The summed E-state index contributed by atoms with van der Waals surface area (Å²) in [6, 6.07) is 9.40. The number of imidazole rings is 1. The van der Waals surface area contributed by atoms with Gasteiger partial charge in [0.1, 0.15) is 29.2 Å². The molecule has 1 aliphatic carbocycles. The highest BCUT2D eigenvalue weighted by Gasteiger charge is 2.36. The number of rotatable bonds is 6. The van der Waals surface area contributed by atoms with E-state index < -0.39 is 6.04 Å². The summed E-state index contributed by atoms with van der Waals surface area (Å²) >= 11 is 0. The molecule has 0 bridgehead atoms. The summed E-state index contributed by atoms with van der Waals surface area (Å²) < 4.78 is 20.9. The second-order valence-electron chi connectivity index (χ2n) is 7.28. The number of aryl methyl sites for hydroxylation is 1. The molecule has 1 saturated carbocycles. The van der Waals surface area contributed by atoms with E-state index in [1.165, 1.54) is 18.2 Å². The summed E-state index contributed by atoms with van der Waals surface area (Å²) in [5, 5.41) is 2.94. The minimum atomic E-state index is -0.489. The van der Waals surface area contributed by atoms with Gasteiger partial charge in [-0.2, -0.15) is 0 Å². The van der Waals surface area contributed by atoms with E-state index in [-0.39, 0.29) is 11.7 Å². The quantitative estimate of drug-likeness (QED) is 0.653. The molecular weight excluding hydrogens is 357 g/mol. The molecule has 0 saturated heterocycles. The molecule has 3 atom stereocenters. The first-order chi connectivity index (χ1) is 13.5. The van der Waals surface area contributed by atoms with Crippen LogP contribution in [0.2, 0.25) is 0 Å². The Hall–Kier alpha value is -3.15. The summed E-state index contributed by atoms with van der Waals surface area (Å²) in [6.45, 7) is 2.20. The van der Waals surface area contributed by atoms with Gasteiger partial charge in [0.05, 0.1) is 0 Å². The highest BCUT2D eigenvalue weighted by molar-refractivity contribution is 5.91. The Kier molecular flexibility index (Phi) is 4.86. The maximum atomic E-state index is 13.3. The van der Waals surface area contributed by atoms with Crippen LogP contribution >= 0.6 is 0 Å². The third kappa shape index (κ3) is 3.91. The second-order valence-corrected chi connectivity index (χ2v) is 7.28. The lowest BCUT2D eigenvalue weighted by molar-refractivity contribution is -0.117. The van der Waals surface area contributed by atoms with Crippen LogP contribution in [0.3, 0.4) is 0 Å². The van der Waals surface area contributed by atoms with E-state index >= 15 is 0 Å². The van der Waals surface area contributed by atoms with E-state index in [1.54, 1.807) is 30.6 Å². The second kappa shape index (κ2) is 7.46. The van der Waals surface area contributed by atoms with Crippen molar-refractivity contribution in [3.63, 3.8) is 0 Å². The van der Waals surface area contributed by atoms with Gasteiger partial charge in [0, 0.05) is 31.4 Å². The van der Waals surface area contributed by atoms with E-state index in [0.29, 0.717) is 23.4 Å². The zero-order valence-electron chi connectivity index (χ0n) is 15.8. The van der Waals surface area contributed by atoms with E-state index in [1.807, 2.05) is 23.7 Å². The van der Waals surface area contributed by atoms with Gasteiger partial charge in [0.25, 0.3) is 0 Å². The molecule has 3 unspecified atom stereocenters. The summed E-state index contributed by atoms with van der Waals surface area (Å²) in [5.74, 6) is 2.85. The van der Waals surface area contributed by atoms with Gasteiger partial charge >= 0.3 is 0 Å². The smallest absolute Gasteiger partial charge is 0.244 e. The first-order valence-electron chi connectivity index (χ1n) is 9.32. The van der Waals surface area contributed by atoms with Gasteiger partial charge in [0.15, 0.2) is 0 Å². The van der Waals surface area contributed by atoms with Gasteiger partial charge < -0.3 is 14.3 Å². The molecule has 6 heteroatoms. The van der Waals surface area contributed by atoms with Gasteiger partial charge in [-0.25, -0.2) is 9.37 Å². The van der Waals surface area contributed by atoms with Crippen LogP contribution in [-0.4, -0.2) is 15.5 Å². The Morgan fingerprint density at radius 2 is 2.07 bits per heavy atom. The molecule has 1 aliphatic rings. The third-order valence-electron chi connectivity index (χ3n) is 5.13. The van der Waals surface area contributed by atoms with Crippen molar-refractivity contribution in [2.24, 2.45) is 13.0 Å². The lowest BCUT2D eigenvalue weighted by atomic mass is 10.1. The number of hydrogen-bond acceptors (Lipinski definition) is 3. The average Bonchev–Trinajstić information content (AvgIpc) is 3.07. The van der Waals surface area contributed by atoms with Crippen LogP contribution in [-0.2, 0) is 11.8 Å². The number of amides is 1.